The van der Waals surface area contributed by atoms with Crippen LogP contribution in [0.3, 0.4) is 0 Å². The minimum Gasteiger partial charge on any atom is -0.289 e. The fraction of sp³-hybridized carbons (Fsp3) is 0.294. The van der Waals surface area contributed by atoms with Crippen LogP contribution in [0, 0.1) is 18.2 Å². The molecule has 1 unspecified atom stereocenters. The minimum absolute atomic E-state index is 0.101. The van der Waals surface area contributed by atoms with Gasteiger partial charge in [-0.1, -0.05) is 23.6 Å². The van der Waals surface area contributed by atoms with Gasteiger partial charge >= 0.3 is 6.03 Å². The summed E-state index contributed by atoms with van der Waals surface area (Å²) in [4.78, 5) is 27.8. The molecule has 0 aliphatic carbocycles. The van der Waals surface area contributed by atoms with Crippen LogP contribution in [0.1, 0.15) is 19.8 Å². The van der Waals surface area contributed by atoms with Crippen LogP contribution >= 0.6 is 23.4 Å². The van der Waals surface area contributed by atoms with Crippen molar-refractivity contribution in [1.29, 1.82) is 0 Å². The van der Waals surface area contributed by atoms with Crippen molar-refractivity contribution in [2.75, 3.05) is 11.4 Å². The van der Waals surface area contributed by atoms with E-state index in [0.717, 1.165) is 23.8 Å². The van der Waals surface area contributed by atoms with E-state index >= 15 is 0 Å². The molecule has 1 saturated heterocycles. The number of imide groups is 1. The molecular weight excluding hydrogens is 351 g/mol. The van der Waals surface area contributed by atoms with E-state index in [9.17, 15) is 14.0 Å². The van der Waals surface area contributed by atoms with Gasteiger partial charge in [0.15, 0.2) is 0 Å². The molecule has 1 aromatic carbocycles. The predicted molar refractivity (Wildman–Crippen MR) is 92.5 cm³/mol. The smallest absolute Gasteiger partial charge is 0.289 e. The number of allylic oxidation sites excluding steroid dienone is 1. The highest BCUT2D eigenvalue weighted by atomic mass is 35.5. The van der Waals surface area contributed by atoms with Gasteiger partial charge in [0.2, 0.25) is 0 Å². The van der Waals surface area contributed by atoms with Crippen LogP contribution in [0.25, 0.3) is 0 Å². The quantitative estimate of drug-likeness (QED) is 0.461. The second-order valence-corrected chi connectivity index (χ2v) is 7.26. The van der Waals surface area contributed by atoms with Crippen LogP contribution in [0.15, 0.2) is 28.8 Å². The second-order valence-electron chi connectivity index (χ2n) is 5.47. The zero-order chi connectivity index (χ0) is 17.4. The molecule has 0 aromatic heterocycles. The summed E-state index contributed by atoms with van der Waals surface area (Å²) in [6.07, 6.45) is 8.58. The molecule has 1 fully saturated rings. The average Bonchev–Trinajstić information content (AvgIpc) is 2.82. The van der Waals surface area contributed by atoms with Crippen LogP contribution in [-0.2, 0) is 4.79 Å². The molecular formula is C17H14ClFN2O2S. The Bertz CT molecular complexity index is 803. The monoisotopic (exact) mass is 364 g/mol. The average molecular weight is 365 g/mol. The lowest BCUT2D eigenvalue weighted by Crippen LogP contribution is -2.34. The number of halogens is 2. The van der Waals surface area contributed by atoms with Gasteiger partial charge in [-0.25, -0.2) is 14.1 Å². The fourth-order valence-electron chi connectivity index (χ4n) is 2.66. The number of thioether (sulfide) groups is 1. The molecule has 4 nitrogen and oxygen atoms in total. The summed E-state index contributed by atoms with van der Waals surface area (Å²) in [6.45, 7) is 2.26. The van der Waals surface area contributed by atoms with E-state index in [1.807, 2.05) is 0 Å². The number of benzene rings is 1. The summed E-state index contributed by atoms with van der Waals surface area (Å²) in [5.41, 5.74) is 0.211. The van der Waals surface area contributed by atoms with E-state index in [0.29, 0.717) is 17.1 Å². The van der Waals surface area contributed by atoms with Gasteiger partial charge < -0.3 is 0 Å². The SMILES string of the molecule is C#CC(C)Sc1cc(N2C(=O)C3=CCCCN3C2=O)c(F)cc1Cl. The molecule has 0 radical (unpaired) electrons. The molecule has 1 atom stereocenters. The molecule has 1 aromatic rings. The lowest BCUT2D eigenvalue weighted by molar-refractivity contribution is -0.114. The summed E-state index contributed by atoms with van der Waals surface area (Å²) in [7, 11) is 0. The van der Waals surface area contributed by atoms with Gasteiger partial charge in [-0.3, -0.25) is 9.69 Å². The van der Waals surface area contributed by atoms with Crippen LogP contribution in [0.5, 0.6) is 0 Å². The van der Waals surface area contributed by atoms with Crippen LogP contribution in [-0.4, -0.2) is 28.6 Å². The Morgan fingerprint density at radius 1 is 1.42 bits per heavy atom. The van der Waals surface area contributed by atoms with Gasteiger partial charge in [0.05, 0.1) is 16.0 Å². The van der Waals surface area contributed by atoms with E-state index in [4.69, 9.17) is 18.0 Å². The van der Waals surface area contributed by atoms with Crippen molar-refractivity contribution in [2.45, 2.75) is 29.9 Å². The topological polar surface area (TPSA) is 40.6 Å². The molecule has 2 aliphatic rings. The zero-order valence-corrected chi connectivity index (χ0v) is 14.5. The molecule has 124 valence electrons. The minimum atomic E-state index is -0.722. The normalized spacial score (nSPS) is 18.3. The van der Waals surface area contributed by atoms with Gasteiger partial charge in [-0.15, -0.1) is 18.2 Å². The lowest BCUT2D eigenvalue weighted by Gasteiger charge is -2.20. The predicted octanol–water partition coefficient (Wildman–Crippen LogP) is 4.04. The van der Waals surface area contributed by atoms with E-state index < -0.39 is 17.8 Å². The van der Waals surface area contributed by atoms with Gasteiger partial charge in [-0.2, -0.15) is 0 Å². The highest BCUT2D eigenvalue weighted by molar-refractivity contribution is 8.00. The molecule has 3 amide bonds. The van der Waals surface area contributed by atoms with Crippen molar-refractivity contribution in [3.63, 3.8) is 0 Å². The number of anilines is 1. The van der Waals surface area contributed by atoms with Crippen molar-refractivity contribution in [3.8, 4) is 12.3 Å². The van der Waals surface area contributed by atoms with Gasteiger partial charge in [-0.05, 0) is 31.9 Å². The summed E-state index contributed by atoms with van der Waals surface area (Å²) in [5, 5.41) is 0.0132. The number of urea groups is 1. The molecule has 7 heteroatoms. The first-order valence-electron chi connectivity index (χ1n) is 7.42. The molecule has 0 saturated carbocycles. The first-order chi connectivity index (χ1) is 11.4. The Balaban J connectivity index is 2.03. The van der Waals surface area contributed by atoms with E-state index in [2.05, 4.69) is 5.92 Å². The lowest BCUT2D eigenvalue weighted by atomic mass is 10.2. The highest BCUT2D eigenvalue weighted by Gasteiger charge is 2.43. The van der Waals surface area contributed by atoms with Crippen LogP contribution in [0.4, 0.5) is 14.9 Å². The Kier molecular flexibility index (Phi) is 4.57. The summed E-state index contributed by atoms with van der Waals surface area (Å²) >= 11 is 7.33. The third-order valence-electron chi connectivity index (χ3n) is 3.84. The largest absolute Gasteiger partial charge is 0.336 e. The molecule has 2 heterocycles. The van der Waals surface area contributed by atoms with Crippen molar-refractivity contribution in [3.05, 3.63) is 34.7 Å². The Labute approximate surface area is 148 Å². The molecule has 2 aliphatic heterocycles. The highest BCUT2D eigenvalue weighted by Crippen LogP contribution is 2.38. The first kappa shape index (κ1) is 16.9. The van der Waals surface area contributed by atoms with Crippen molar-refractivity contribution < 1.29 is 14.0 Å². The summed E-state index contributed by atoms with van der Waals surface area (Å²) in [6, 6.07) is 1.98. The number of hydrogen-bond acceptors (Lipinski definition) is 3. The van der Waals surface area contributed by atoms with Gasteiger partial charge in [0.1, 0.15) is 11.5 Å². The third kappa shape index (κ3) is 2.79. The van der Waals surface area contributed by atoms with E-state index in [-0.39, 0.29) is 16.0 Å². The van der Waals surface area contributed by atoms with Crippen molar-refractivity contribution in [1.82, 2.24) is 4.90 Å². The maximum atomic E-state index is 14.4. The van der Waals surface area contributed by atoms with Gasteiger partial charge in [0.25, 0.3) is 5.91 Å². The Hall–Kier alpha value is -1.97. The van der Waals surface area contributed by atoms with E-state index in [1.165, 1.54) is 22.7 Å². The molecule has 0 bridgehead atoms. The number of nitrogens with zero attached hydrogens (tertiary/aromatic N) is 2. The molecule has 24 heavy (non-hydrogen) atoms. The fourth-order valence-corrected chi connectivity index (χ4v) is 3.74. The molecule has 3 rings (SSSR count). The Morgan fingerprint density at radius 3 is 2.83 bits per heavy atom. The van der Waals surface area contributed by atoms with Crippen LogP contribution < -0.4 is 4.90 Å². The van der Waals surface area contributed by atoms with Gasteiger partial charge in [0, 0.05) is 11.4 Å². The number of carbonyl (C=O) groups excluding carboxylic acids is 2. The first-order valence-corrected chi connectivity index (χ1v) is 8.67. The van der Waals surface area contributed by atoms with Crippen molar-refractivity contribution in [2.24, 2.45) is 0 Å². The maximum Gasteiger partial charge on any atom is 0.336 e. The second kappa shape index (κ2) is 6.50. The number of carbonyl (C=O) groups is 2. The zero-order valence-electron chi connectivity index (χ0n) is 12.9. The molecule has 0 N–H and O–H groups in total. The standard InChI is InChI=1S/C17H14ClFN2O2S/c1-3-10(2)24-15-9-14(12(19)8-11(15)18)21-16(22)13-6-4-5-7-20(13)17(21)23/h1,6,8-10H,4-5,7H2,2H3. The Morgan fingerprint density at radius 2 is 2.17 bits per heavy atom. The number of hydrogen-bond donors (Lipinski definition) is 0. The summed E-state index contributed by atoms with van der Waals surface area (Å²) in [5.74, 6) is 1.31. The van der Waals surface area contributed by atoms with E-state index in [1.54, 1.807) is 13.0 Å². The number of fused-ring (bicyclic) bond motifs is 1. The van der Waals surface area contributed by atoms with Crippen molar-refractivity contribution >= 4 is 41.0 Å². The number of rotatable bonds is 3. The van der Waals surface area contributed by atoms with Crippen LogP contribution in [0.2, 0.25) is 5.02 Å². The number of amides is 3. The molecule has 0 spiro atoms. The summed E-state index contributed by atoms with van der Waals surface area (Å²) < 4.78 is 14.4. The number of terminal acetylenes is 1. The third-order valence-corrected chi connectivity index (χ3v) is 5.35. The maximum absolute atomic E-state index is 14.4.